The highest BCUT2D eigenvalue weighted by Gasteiger charge is 2.12. The third kappa shape index (κ3) is 4.67. The number of nitrogens with one attached hydrogen (secondary N) is 2. The van der Waals surface area contributed by atoms with Crippen LogP contribution in [0.2, 0.25) is 0 Å². The molecule has 0 aliphatic rings. The van der Waals surface area contributed by atoms with Crippen LogP contribution in [0.3, 0.4) is 0 Å². The molecule has 2 aromatic carbocycles. The molecule has 2 N–H and O–H groups in total. The number of amides is 1. The smallest absolute Gasteiger partial charge is 0.275 e. The van der Waals surface area contributed by atoms with Gasteiger partial charge in [-0.3, -0.25) is 4.79 Å². The van der Waals surface area contributed by atoms with E-state index in [-0.39, 0.29) is 17.4 Å². The number of nitrogens with zero attached hydrogens (tertiary/aromatic N) is 2. The molecule has 3 aromatic rings. The topological polar surface area (TPSA) is 66.9 Å². The number of anilines is 2. The summed E-state index contributed by atoms with van der Waals surface area (Å²) in [5.41, 5.74) is 5.12. The van der Waals surface area contributed by atoms with E-state index < -0.39 is 0 Å². The second-order valence-electron chi connectivity index (χ2n) is 6.49. The van der Waals surface area contributed by atoms with E-state index in [1.54, 1.807) is 12.1 Å². The van der Waals surface area contributed by atoms with Crippen LogP contribution in [-0.2, 0) is 6.54 Å². The number of hydrogen-bond acceptors (Lipinski definition) is 4. The summed E-state index contributed by atoms with van der Waals surface area (Å²) in [6.07, 6.45) is 2.94. The second-order valence-corrected chi connectivity index (χ2v) is 6.49. The highest BCUT2D eigenvalue weighted by molar-refractivity contribution is 6.03. The second kappa shape index (κ2) is 7.95. The maximum Gasteiger partial charge on any atom is 0.275 e. The summed E-state index contributed by atoms with van der Waals surface area (Å²) < 4.78 is 12.9. The molecule has 0 atom stereocenters. The van der Waals surface area contributed by atoms with Crippen molar-refractivity contribution in [1.29, 1.82) is 0 Å². The van der Waals surface area contributed by atoms with Crippen molar-refractivity contribution in [3.05, 3.63) is 82.6 Å². The van der Waals surface area contributed by atoms with Gasteiger partial charge in [0.15, 0.2) is 0 Å². The first-order chi connectivity index (χ1) is 12.9. The Morgan fingerprint density at radius 3 is 2.26 bits per heavy atom. The van der Waals surface area contributed by atoms with Gasteiger partial charge in [-0.05, 0) is 49.6 Å². The molecule has 0 spiro atoms. The van der Waals surface area contributed by atoms with Crippen molar-refractivity contribution < 1.29 is 9.18 Å². The van der Waals surface area contributed by atoms with Crippen molar-refractivity contribution in [3.8, 4) is 0 Å². The zero-order chi connectivity index (χ0) is 19.4. The molecule has 27 heavy (non-hydrogen) atoms. The van der Waals surface area contributed by atoms with Crippen LogP contribution in [0.15, 0.2) is 48.8 Å². The number of rotatable bonds is 5. The Hall–Kier alpha value is -3.28. The number of halogens is 1. The average Bonchev–Trinajstić information content (AvgIpc) is 2.64. The SMILES string of the molecule is Cc1cc(C)c(NC(=O)c2cnc(NCc3ccc(F)cc3)cn2)c(C)c1. The summed E-state index contributed by atoms with van der Waals surface area (Å²) >= 11 is 0. The minimum atomic E-state index is -0.303. The van der Waals surface area contributed by atoms with Crippen molar-refractivity contribution in [2.45, 2.75) is 27.3 Å². The van der Waals surface area contributed by atoms with Crippen LogP contribution in [0, 0.1) is 26.6 Å². The molecule has 5 nitrogen and oxygen atoms in total. The Labute approximate surface area is 157 Å². The number of carbonyl (C=O) groups is 1. The van der Waals surface area contributed by atoms with Crippen LogP contribution >= 0.6 is 0 Å². The first-order valence-electron chi connectivity index (χ1n) is 8.62. The zero-order valence-corrected chi connectivity index (χ0v) is 15.5. The lowest BCUT2D eigenvalue weighted by Gasteiger charge is -2.12. The van der Waals surface area contributed by atoms with Crippen LogP contribution in [-0.4, -0.2) is 15.9 Å². The maximum absolute atomic E-state index is 12.9. The lowest BCUT2D eigenvalue weighted by Crippen LogP contribution is -2.16. The van der Waals surface area contributed by atoms with E-state index in [4.69, 9.17) is 0 Å². The Morgan fingerprint density at radius 2 is 1.67 bits per heavy atom. The summed E-state index contributed by atoms with van der Waals surface area (Å²) in [5, 5.41) is 6.00. The molecule has 1 aromatic heterocycles. The molecule has 1 heterocycles. The maximum atomic E-state index is 12.9. The lowest BCUT2D eigenvalue weighted by molar-refractivity contribution is 0.102. The Morgan fingerprint density at radius 1 is 1.00 bits per heavy atom. The van der Waals surface area contributed by atoms with Gasteiger partial charge in [-0.15, -0.1) is 0 Å². The standard InChI is InChI=1S/C21H21FN4O/c1-13-8-14(2)20(15(3)9-13)26-21(27)18-11-25-19(12-23-18)24-10-16-4-6-17(22)7-5-16/h4-9,11-12H,10H2,1-3H3,(H,24,25)(H,26,27). The summed E-state index contributed by atoms with van der Waals surface area (Å²) in [5.74, 6) is -0.0332. The van der Waals surface area contributed by atoms with Gasteiger partial charge < -0.3 is 10.6 Å². The number of carbonyl (C=O) groups excluding carboxylic acids is 1. The molecule has 0 bridgehead atoms. The molecular weight excluding hydrogens is 343 g/mol. The minimum absolute atomic E-state index is 0.238. The average molecular weight is 364 g/mol. The first kappa shape index (κ1) is 18.5. The molecule has 0 aliphatic heterocycles. The van der Waals surface area contributed by atoms with E-state index in [1.165, 1.54) is 24.5 Å². The van der Waals surface area contributed by atoms with Crippen LogP contribution in [0.1, 0.15) is 32.7 Å². The molecule has 0 fully saturated rings. The molecule has 0 unspecified atom stereocenters. The third-order valence-electron chi connectivity index (χ3n) is 4.19. The third-order valence-corrected chi connectivity index (χ3v) is 4.19. The molecule has 0 radical (unpaired) electrons. The predicted molar refractivity (Wildman–Crippen MR) is 104 cm³/mol. The van der Waals surface area contributed by atoms with Crippen molar-refractivity contribution in [2.75, 3.05) is 10.6 Å². The van der Waals surface area contributed by atoms with Gasteiger partial charge in [-0.2, -0.15) is 0 Å². The van der Waals surface area contributed by atoms with Crippen LogP contribution in [0.5, 0.6) is 0 Å². The molecule has 0 aliphatic carbocycles. The fourth-order valence-electron chi connectivity index (χ4n) is 2.89. The Balaban J connectivity index is 1.64. The van der Waals surface area contributed by atoms with Crippen LogP contribution < -0.4 is 10.6 Å². The van der Waals surface area contributed by atoms with Crippen molar-refractivity contribution in [3.63, 3.8) is 0 Å². The molecule has 138 valence electrons. The van der Waals surface area contributed by atoms with E-state index in [1.807, 2.05) is 32.9 Å². The lowest BCUT2D eigenvalue weighted by atomic mass is 10.1. The fourth-order valence-corrected chi connectivity index (χ4v) is 2.89. The summed E-state index contributed by atoms with van der Waals surface area (Å²) in [4.78, 5) is 20.9. The summed E-state index contributed by atoms with van der Waals surface area (Å²) in [6, 6.07) is 10.3. The van der Waals surface area contributed by atoms with Crippen molar-refractivity contribution in [1.82, 2.24) is 9.97 Å². The number of aryl methyl sites for hydroxylation is 3. The summed E-state index contributed by atoms with van der Waals surface area (Å²) in [6.45, 7) is 6.44. The fraction of sp³-hybridized carbons (Fsp3) is 0.190. The van der Waals surface area contributed by atoms with Gasteiger partial charge in [-0.1, -0.05) is 29.8 Å². The first-order valence-corrected chi connectivity index (χ1v) is 8.62. The zero-order valence-electron chi connectivity index (χ0n) is 15.5. The molecule has 0 saturated heterocycles. The van der Waals surface area contributed by atoms with Gasteiger partial charge in [-0.25, -0.2) is 14.4 Å². The van der Waals surface area contributed by atoms with E-state index in [9.17, 15) is 9.18 Å². The van der Waals surface area contributed by atoms with Gasteiger partial charge in [0.1, 0.15) is 17.3 Å². The van der Waals surface area contributed by atoms with Gasteiger partial charge in [0.05, 0.1) is 12.4 Å². The van der Waals surface area contributed by atoms with Gasteiger partial charge in [0.25, 0.3) is 5.91 Å². The van der Waals surface area contributed by atoms with E-state index in [0.717, 1.165) is 27.9 Å². The number of benzene rings is 2. The molecule has 3 rings (SSSR count). The number of hydrogen-bond donors (Lipinski definition) is 2. The van der Waals surface area contributed by atoms with Crippen molar-refractivity contribution >= 4 is 17.4 Å². The quantitative estimate of drug-likeness (QED) is 0.704. The largest absolute Gasteiger partial charge is 0.365 e. The Kier molecular flexibility index (Phi) is 5.45. The highest BCUT2D eigenvalue weighted by Crippen LogP contribution is 2.22. The summed E-state index contributed by atoms with van der Waals surface area (Å²) in [7, 11) is 0. The molecule has 0 saturated carbocycles. The monoisotopic (exact) mass is 364 g/mol. The van der Waals surface area contributed by atoms with E-state index >= 15 is 0 Å². The van der Waals surface area contributed by atoms with Gasteiger partial charge in [0.2, 0.25) is 0 Å². The molecular formula is C21H21FN4O. The van der Waals surface area contributed by atoms with E-state index in [2.05, 4.69) is 20.6 Å². The van der Waals surface area contributed by atoms with Crippen LogP contribution in [0.4, 0.5) is 15.9 Å². The normalized spacial score (nSPS) is 10.5. The van der Waals surface area contributed by atoms with E-state index in [0.29, 0.717) is 12.4 Å². The predicted octanol–water partition coefficient (Wildman–Crippen LogP) is 4.41. The van der Waals surface area contributed by atoms with Gasteiger partial charge >= 0.3 is 0 Å². The molecule has 6 heteroatoms. The number of aromatic nitrogens is 2. The highest BCUT2D eigenvalue weighted by atomic mass is 19.1. The Bertz CT molecular complexity index is 930. The van der Waals surface area contributed by atoms with Crippen LogP contribution in [0.25, 0.3) is 0 Å². The van der Waals surface area contributed by atoms with Crippen molar-refractivity contribution in [2.24, 2.45) is 0 Å². The van der Waals surface area contributed by atoms with Gasteiger partial charge in [0, 0.05) is 12.2 Å². The minimum Gasteiger partial charge on any atom is -0.365 e. The molecule has 1 amide bonds.